The maximum Gasteiger partial charge on any atom is 0.0615 e. The van der Waals surface area contributed by atoms with Crippen LogP contribution in [0.5, 0.6) is 0 Å². The van der Waals surface area contributed by atoms with Crippen LogP contribution in [-0.2, 0) is 0 Å². The van der Waals surface area contributed by atoms with Crippen molar-refractivity contribution in [3.8, 4) is 0 Å². The SMILES string of the molecule is C.CC(=CCO)CBr.CCC1=C(C)CCCC1(C)C.CCC=C(C)CC(C)C1=C(C)CCCC1(C)C.I.II.[Ac]. The Hall–Kier alpha value is 3.03. The summed E-state index contributed by atoms with van der Waals surface area (Å²) in [5.74, 6) is 0.716. The molecule has 2 rings (SSSR count). The molecular weight excluding hydrogens is 1110 g/mol. The fourth-order valence-corrected chi connectivity index (χ4v) is 6.64. The van der Waals surface area contributed by atoms with Gasteiger partial charge in [0.2, 0.25) is 0 Å². The van der Waals surface area contributed by atoms with Crippen molar-refractivity contribution >= 4 is 77.1 Å². The van der Waals surface area contributed by atoms with Gasteiger partial charge in [0.1, 0.15) is 0 Å². The number of alkyl halides is 1. The molecule has 0 aromatic carbocycles. The van der Waals surface area contributed by atoms with E-state index in [1.165, 1.54) is 63.4 Å². The maximum atomic E-state index is 8.27. The van der Waals surface area contributed by atoms with Crippen LogP contribution in [0.3, 0.4) is 0 Å². The molecule has 0 saturated heterocycles. The standard InChI is InChI=1S/C17H30.C11H20.C5H9BrO.CH4.Ac.I2.HI/c1-7-9-13(2)12-15(4)16-14(3)10-8-11-17(16,5)6;1-5-10-9(2)7-6-8-11(10,3)4;1-5(4-6)2-3-7;;;1-2;/h9,15H,7-8,10-12H2,1-6H3;5-8H2,1-4H3;2,7H,3-4H2,1H3;1H4;;;1H. The van der Waals surface area contributed by atoms with E-state index in [4.69, 9.17) is 5.11 Å². The van der Waals surface area contributed by atoms with Gasteiger partial charge < -0.3 is 5.11 Å². The van der Waals surface area contributed by atoms with E-state index in [1.54, 1.807) is 33.9 Å². The van der Waals surface area contributed by atoms with Crippen LogP contribution in [0.2, 0.25) is 0 Å². The van der Waals surface area contributed by atoms with Gasteiger partial charge in [0.15, 0.2) is 0 Å². The smallest absolute Gasteiger partial charge is 0.0615 e. The molecule has 2 aliphatic rings. The molecule has 40 heavy (non-hydrogen) atoms. The Bertz CT molecular complexity index is 767. The Balaban J connectivity index is -0.000000155. The van der Waals surface area contributed by atoms with Crippen LogP contribution >= 0.6 is 77.1 Å². The first kappa shape index (κ1) is 52.6. The van der Waals surface area contributed by atoms with Crippen LogP contribution in [-0.4, -0.2) is 17.0 Å². The van der Waals surface area contributed by atoms with E-state index >= 15 is 0 Å². The van der Waals surface area contributed by atoms with E-state index in [0.717, 1.165) is 5.33 Å². The van der Waals surface area contributed by atoms with Crippen LogP contribution in [0.1, 0.15) is 141 Å². The van der Waals surface area contributed by atoms with Crippen LogP contribution in [0, 0.1) is 60.8 Å². The van der Waals surface area contributed by atoms with Gasteiger partial charge in [-0.1, -0.05) is 117 Å². The molecule has 0 bridgehead atoms. The molecule has 1 N–H and O–H groups in total. The van der Waals surface area contributed by atoms with E-state index in [1.807, 2.05) is 6.92 Å². The molecule has 0 fully saturated rings. The average Bonchev–Trinajstić information content (AvgIpc) is 2.80. The third kappa shape index (κ3) is 21.7. The van der Waals surface area contributed by atoms with E-state index in [0.29, 0.717) is 16.7 Å². The normalized spacial score (nSPS) is 18.6. The number of hydrogen-bond donors (Lipinski definition) is 1. The van der Waals surface area contributed by atoms with Crippen molar-refractivity contribution in [3.63, 3.8) is 0 Å². The molecule has 1 unspecified atom stereocenters. The first-order valence-corrected chi connectivity index (χ1v) is 21.7. The number of hydrogen-bond acceptors (Lipinski definition) is 1. The van der Waals surface area contributed by atoms with Gasteiger partial charge >= 0.3 is 0 Å². The summed E-state index contributed by atoms with van der Waals surface area (Å²) in [6, 6.07) is 0. The minimum absolute atomic E-state index is 0. The maximum absolute atomic E-state index is 8.27. The minimum Gasteiger partial charge on any atom is -0.392 e. The summed E-state index contributed by atoms with van der Waals surface area (Å²) in [6.45, 7) is 25.6. The number of aliphatic hydroxyl groups excluding tert-OH is 1. The summed E-state index contributed by atoms with van der Waals surface area (Å²) >= 11 is 7.48. The van der Waals surface area contributed by atoms with Crippen LogP contribution in [0.15, 0.2) is 45.6 Å². The van der Waals surface area contributed by atoms with Crippen molar-refractivity contribution in [2.75, 3.05) is 11.9 Å². The van der Waals surface area contributed by atoms with Gasteiger partial charge in [-0.05, 0) is 102 Å². The van der Waals surface area contributed by atoms with E-state index in [-0.39, 0.29) is 82.1 Å². The molecule has 237 valence electrons. The Kier molecular flexibility index (Phi) is 38.7. The Labute approximate surface area is 336 Å². The fourth-order valence-electron chi connectivity index (χ4n) is 6.41. The molecule has 0 heterocycles. The third-order valence-electron chi connectivity index (χ3n) is 7.91. The summed E-state index contributed by atoms with van der Waals surface area (Å²) in [5.41, 5.74) is 10.4. The van der Waals surface area contributed by atoms with E-state index in [9.17, 15) is 0 Å². The van der Waals surface area contributed by atoms with Crippen molar-refractivity contribution in [1.82, 2.24) is 0 Å². The molecule has 0 aromatic heterocycles. The predicted molar refractivity (Wildman–Crippen MR) is 214 cm³/mol. The molecule has 1 atom stereocenters. The number of halogens is 4. The number of rotatable bonds is 7. The summed E-state index contributed by atoms with van der Waals surface area (Å²) < 4.78 is 0. The van der Waals surface area contributed by atoms with Gasteiger partial charge in [-0.15, -0.1) is 24.0 Å². The van der Waals surface area contributed by atoms with Crippen LogP contribution in [0.25, 0.3) is 0 Å². The van der Waals surface area contributed by atoms with E-state index in [2.05, 4.69) is 128 Å². The summed E-state index contributed by atoms with van der Waals surface area (Å²) in [5, 5.41) is 9.13. The van der Waals surface area contributed by atoms with E-state index < -0.39 is 0 Å². The van der Waals surface area contributed by atoms with Gasteiger partial charge in [-0.2, -0.15) is 0 Å². The zero-order valence-electron chi connectivity index (χ0n) is 27.1. The quantitative estimate of drug-likeness (QED) is 0.153. The molecule has 2 aliphatic carbocycles. The molecule has 0 amide bonds. The number of aliphatic hydroxyl groups is 1. The van der Waals surface area contributed by atoms with Gasteiger partial charge in [0.25, 0.3) is 0 Å². The first-order chi connectivity index (χ1) is 17.3. The summed E-state index contributed by atoms with van der Waals surface area (Å²) in [6.07, 6.45) is 16.0. The molecule has 0 aromatic rings. The minimum atomic E-state index is 0. The monoisotopic (exact) mass is 1180 g/mol. The first-order valence-electron chi connectivity index (χ1n) is 14.3. The molecule has 0 spiro atoms. The second-order valence-corrected chi connectivity index (χ2v) is 12.8. The van der Waals surface area contributed by atoms with Gasteiger partial charge in [0, 0.05) is 86.6 Å². The van der Waals surface area contributed by atoms with Crippen molar-refractivity contribution < 1.29 is 49.2 Å². The second kappa shape index (κ2) is 29.4. The van der Waals surface area contributed by atoms with Gasteiger partial charge in [-0.3, -0.25) is 0 Å². The van der Waals surface area contributed by atoms with Crippen LogP contribution in [0.4, 0.5) is 0 Å². The summed E-state index contributed by atoms with van der Waals surface area (Å²) in [4.78, 5) is 0. The Morgan fingerprint density at radius 2 is 1.40 bits per heavy atom. The van der Waals surface area contributed by atoms with Gasteiger partial charge in [0.05, 0.1) is 6.61 Å². The topological polar surface area (TPSA) is 20.2 Å². The molecule has 0 aliphatic heterocycles. The van der Waals surface area contributed by atoms with Crippen molar-refractivity contribution in [2.24, 2.45) is 16.7 Å². The Morgan fingerprint density at radius 3 is 1.73 bits per heavy atom. The molecule has 1 nitrogen and oxygen atoms in total. The molecule has 6 heteroatoms. The summed E-state index contributed by atoms with van der Waals surface area (Å²) in [7, 11) is 0. The molecule has 1 radical (unpaired) electrons. The van der Waals surface area contributed by atoms with Crippen LogP contribution < -0.4 is 0 Å². The van der Waals surface area contributed by atoms with Crippen molar-refractivity contribution in [1.29, 1.82) is 0 Å². The van der Waals surface area contributed by atoms with Crippen molar-refractivity contribution in [2.45, 2.75) is 141 Å². The zero-order valence-corrected chi connectivity index (χ0v) is 40.1. The predicted octanol–water partition coefficient (Wildman–Crippen LogP) is 14.2. The zero-order chi connectivity index (χ0) is 29.2. The second-order valence-electron chi connectivity index (χ2n) is 12.2. The third-order valence-corrected chi connectivity index (χ3v) is 8.79. The molecular formula is C34H64AcBrI3O. The largest absolute Gasteiger partial charge is 0.392 e. The number of allylic oxidation sites excluding steroid dienone is 7. The average molecular weight is 1180 g/mol. The Morgan fingerprint density at radius 1 is 0.925 bits per heavy atom. The van der Waals surface area contributed by atoms with Gasteiger partial charge in [-0.25, -0.2) is 0 Å². The fraction of sp³-hybridized carbons (Fsp3) is 0.765. The molecule has 0 saturated carbocycles. The van der Waals surface area contributed by atoms with Crippen molar-refractivity contribution in [3.05, 3.63) is 45.6 Å².